The second kappa shape index (κ2) is 5.11. The summed E-state index contributed by atoms with van der Waals surface area (Å²) in [7, 11) is 0. The number of amides is 1. The molecule has 0 radical (unpaired) electrons. The number of benzene rings is 1. The first kappa shape index (κ1) is 14.0. The van der Waals surface area contributed by atoms with E-state index in [2.05, 4.69) is 5.10 Å². The van der Waals surface area contributed by atoms with Crippen LogP contribution in [0.2, 0.25) is 0 Å². The molecule has 0 saturated carbocycles. The molecule has 2 heterocycles. The molecule has 2 aromatic rings. The fourth-order valence-corrected chi connectivity index (χ4v) is 2.61. The van der Waals surface area contributed by atoms with E-state index in [1.807, 2.05) is 37.3 Å². The van der Waals surface area contributed by atoms with Crippen LogP contribution in [-0.4, -0.2) is 21.6 Å². The van der Waals surface area contributed by atoms with E-state index < -0.39 is 5.91 Å². The van der Waals surface area contributed by atoms with E-state index in [-0.39, 0.29) is 23.7 Å². The highest BCUT2D eigenvalue weighted by Gasteiger charge is 2.34. The Labute approximate surface area is 127 Å². The van der Waals surface area contributed by atoms with E-state index in [9.17, 15) is 14.9 Å². The lowest BCUT2D eigenvalue weighted by atomic mass is 10.1. The van der Waals surface area contributed by atoms with Crippen LogP contribution in [0.15, 0.2) is 24.3 Å². The van der Waals surface area contributed by atoms with Gasteiger partial charge in [-0.15, -0.1) is 0 Å². The van der Waals surface area contributed by atoms with Crippen LogP contribution in [0, 0.1) is 25.2 Å². The molecule has 0 spiro atoms. The minimum absolute atomic E-state index is 0.231. The summed E-state index contributed by atoms with van der Waals surface area (Å²) >= 11 is 0. The maximum atomic E-state index is 12.3. The molecule has 1 amide bonds. The van der Waals surface area contributed by atoms with Crippen LogP contribution in [0.3, 0.4) is 0 Å². The number of carbonyl (C=O) groups excluding carboxylic acids is 2. The molecule has 1 aliphatic heterocycles. The van der Waals surface area contributed by atoms with Crippen LogP contribution >= 0.6 is 0 Å². The molecule has 3 rings (SSSR count). The number of carbonyl (C=O) groups is 2. The van der Waals surface area contributed by atoms with Crippen LogP contribution in [0.25, 0.3) is 0 Å². The zero-order valence-corrected chi connectivity index (χ0v) is 12.3. The van der Waals surface area contributed by atoms with Gasteiger partial charge in [0.2, 0.25) is 5.91 Å². The summed E-state index contributed by atoms with van der Waals surface area (Å²) in [6.07, 6.45) is -0.231. The molecule has 110 valence electrons. The van der Waals surface area contributed by atoms with Gasteiger partial charge in [0.25, 0.3) is 5.91 Å². The van der Waals surface area contributed by atoms with E-state index >= 15 is 0 Å². The summed E-state index contributed by atoms with van der Waals surface area (Å²) in [4.78, 5) is 25.8. The second-order valence-electron chi connectivity index (χ2n) is 5.28. The van der Waals surface area contributed by atoms with E-state index in [1.165, 1.54) is 9.58 Å². The zero-order valence-electron chi connectivity index (χ0n) is 12.3. The van der Waals surface area contributed by atoms with Crippen LogP contribution in [0.5, 0.6) is 0 Å². The number of nitriles is 1. The molecule has 0 N–H and O–H groups in total. The molecule has 6 heteroatoms. The predicted octanol–water partition coefficient (Wildman–Crippen LogP) is 1.95. The Morgan fingerprint density at radius 3 is 2.64 bits per heavy atom. The molecule has 0 fully saturated rings. The van der Waals surface area contributed by atoms with Crippen molar-refractivity contribution in [2.45, 2.75) is 26.8 Å². The average molecular weight is 294 g/mol. The molecule has 6 nitrogen and oxygen atoms in total. The number of hydrogen-bond donors (Lipinski definition) is 0. The fraction of sp³-hybridized carbons (Fsp3) is 0.250. The molecule has 0 unspecified atom stereocenters. The van der Waals surface area contributed by atoms with Crippen molar-refractivity contribution in [1.29, 1.82) is 5.26 Å². The lowest BCUT2D eigenvalue weighted by molar-refractivity contribution is -0.118. The molecule has 0 bridgehead atoms. The molecule has 1 aromatic heterocycles. The van der Waals surface area contributed by atoms with Crippen molar-refractivity contribution in [2.24, 2.45) is 0 Å². The predicted molar refractivity (Wildman–Crippen MR) is 79.3 cm³/mol. The minimum atomic E-state index is -0.398. The number of rotatable bonds is 2. The lowest BCUT2D eigenvalue weighted by Gasteiger charge is -2.27. The SMILES string of the molecule is Cc1ccccc1CN1C(=O)CC(=O)n2nc(C)c(C#N)c21. The first-order valence-electron chi connectivity index (χ1n) is 6.90. The smallest absolute Gasteiger partial charge is 0.258 e. The summed E-state index contributed by atoms with van der Waals surface area (Å²) in [6, 6.07) is 9.76. The number of nitrogens with zero attached hydrogens (tertiary/aromatic N) is 4. The second-order valence-corrected chi connectivity index (χ2v) is 5.28. The van der Waals surface area contributed by atoms with Gasteiger partial charge in [-0.3, -0.25) is 14.5 Å². The van der Waals surface area contributed by atoms with Crippen LogP contribution in [0.1, 0.15) is 33.6 Å². The van der Waals surface area contributed by atoms with Crippen molar-refractivity contribution < 1.29 is 9.59 Å². The zero-order chi connectivity index (χ0) is 15.9. The van der Waals surface area contributed by atoms with Crippen LogP contribution in [0.4, 0.5) is 5.82 Å². The minimum Gasteiger partial charge on any atom is -0.291 e. The van der Waals surface area contributed by atoms with Crippen LogP contribution < -0.4 is 4.90 Å². The summed E-state index contributed by atoms with van der Waals surface area (Å²) in [5.41, 5.74) is 2.75. The summed E-state index contributed by atoms with van der Waals surface area (Å²) < 4.78 is 1.17. The van der Waals surface area contributed by atoms with Crippen molar-refractivity contribution in [3.05, 3.63) is 46.6 Å². The normalized spacial score (nSPS) is 14.0. The van der Waals surface area contributed by atoms with E-state index in [4.69, 9.17) is 0 Å². The van der Waals surface area contributed by atoms with Gasteiger partial charge in [0.1, 0.15) is 18.1 Å². The number of aromatic nitrogens is 2. The molecule has 22 heavy (non-hydrogen) atoms. The third kappa shape index (κ3) is 2.07. The Kier molecular flexibility index (Phi) is 3.26. The summed E-state index contributed by atoms with van der Waals surface area (Å²) in [6.45, 7) is 3.94. The van der Waals surface area contributed by atoms with Gasteiger partial charge in [0.15, 0.2) is 5.82 Å². The van der Waals surface area contributed by atoms with Gasteiger partial charge in [-0.25, -0.2) is 0 Å². The van der Waals surface area contributed by atoms with Crippen molar-refractivity contribution >= 4 is 17.6 Å². The molecular formula is C16H14N4O2. The standard InChI is InChI=1S/C16H14N4O2/c1-10-5-3-4-6-12(10)9-19-14(21)7-15(22)20-16(19)13(8-17)11(2)18-20/h3-6H,7,9H2,1-2H3. The fourth-order valence-electron chi connectivity index (χ4n) is 2.61. The topological polar surface area (TPSA) is 79.0 Å². The molecule has 0 saturated heterocycles. The van der Waals surface area contributed by atoms with Gasteiger partial charge >= 0.3 is 0 Å². The number of fused-ring (bicyclic) bond motifs is 1. The first-order valence-corrected chi connectivity index (χ1v) is 6.90. The summed E-state index contributed by atoms with van der Waals surface area (Å²) in [5.74, 6) is -0.424. The third-order valence-electron chi connectivity index (χ3n) is 3.83. The molecule has 0 aliphatic carbocycles. The van der Waals surface area contributed by atoms with Crippen molar-refractivity contribution in [2.75, 3.05) is 4.90 Å². The monoisotopic (exact) mass is 294 g/mol. The number of anilines is 1. The van der Waals surface area contributed by atoms with Gasteiger partial charge in [-0.1, -0.05) is 24.3 Å². The lowest BCUT2D eigenvalue weighted by Crippen LogP contribution is -2.40. The van der Waals surface area contributed by atoms with Crippen LogP contribution in [-0.2, 0) is 11.3 Å². The molecule has 1 aromatic carbocycles. The Balaban J connectivity index is 2.11. The maximum Gasteiger partial charge on any atom is 0.258 e. The molecular weight excluding hydrogens is 280 g/mol. The van der Waals surface area contributed by atoms with Crippen molar-refractivity contribution in [1.82, 2.24) is 9.78 Å². The van der Waals surface area contributed by atoms with Gasteiger partial charge < -0.3 is 0 Å². The van der Waals surface area contributed by atoms with Crippen molar-refractivity contribution in [3.63, 3.8) is 0 Å². The Morgan fingerprint density at radius 2 is 1.95 bits per heavy atom. The number of aryl methyl sites for hydroxylation is 2. The highest BCUT2D eigenvalue weighted by molar-refractivity contribution is 6.10. The van der Waals surface area contributed by atoms with E-state index in [0.717, 1.165) is 11.1 Å². The summed E-state index contributed by atoms with van der Waals surface area (Å²) in [5, 5.41) is 13.4. The largest absolute Gasteiger partial charge is 0.291 e. The van der Waals surface area contributed by atoms with Gasteiger partial charge in [0.05, 0.1) is 12.2 Å². The van der Waals surface area contributed by atoms with Gasteiger partial charge in [0, 0.05) is 0 Å². The number of hydrogen-bond acceptors (Lipinski definition) is 4. The average Bonchev–Trinajstić information content (AvgIpc) is 2.82. The Morgan fingerprint density at radius 1 is 1.23 bits per heavy atom. The van der Waals surface area contributed by atoms with Crippen molar-refractivity contribution in [3.8, 4) is 6.07 Å². The quantitative estimate of drug-likeness (QED) is 0.793. The maximum absolute atomic E-state index is 12.3. The third-order valence-corrected chi connectivity index (χ3v) is 3.83. The first-order chi connectivity index (χ1) is 10.5. The highest BCUT2D eigenvalue weighted by atomic mass is 16.2. The van der Waals surface area contributed by atoms with Gasteiger partial charge in [-0.05, 0) is 25.0 Å². The molecule has 1 aliphatic rings. The van der Waals surface area contributed by atoms with E-state index in [1.54, 1.807) is 6.92 Å². The Bertz CT molecular complexity index is 829. The Hall–Kier alpha value is -2.94. The van der Waals surface area contributed by atoms with E-state index in [0.29, 0.717) is 12.2 Å². The van der Waals surface area contributed by atoms with Gasteiger partial charge in [-0.2, -0.15) is 15.0 Å². The highest BCUT2D eigenvalue weighted by Crippen LogP contribution is 2.29. The molecule has 0 atom stereocenters.